The van der Waals surface area contributed by atoms with Gasteiger partial charge in [-0.15, -0.1) is 0 Å². The SMILES string of the molecule is COc1ccc(S(=O)(=O)Nc2ccc(OC(C)C)cc2)cc1C(=O)NC(C)C. The summed E-state index contributed by atoms with van der Waals surface area (Å²) in [5.41, 5.74) is 0.542. The van der Waals surface area contributed by atoms with E-state index in [0.29, 0.717) is 17.2 Å². The lowest BCUT2D eigenvalue weighted by Gasteiger charge is -2.14. The molecule has 2 rings (SSSR count). The number of sulfonamides is 1. The molecule has 0 aromatic heterocycles. The molecule has 0 heterocycles. The summed E-state index contributed by atoms with van der Waals surface area (Å²) in [5, 5.41) is 2.74. The van der Waals surface area contributed by atoms with Crippen LogP contribution < -0.4 is 19.5 Å². The fraction of sp³-hybridized carbons (Fsp3) is 0.350. The molecule has 28 heavy (non-hydrogen) atoms. The van der Waals surface area contributed by atoms with Gasteiger partial charge in [0.05, 0.1) is 23.7 Å². The van der Waals surface area contributed by atoms with Gasteiger partial charge in [-0.2, -0.15) is 0 Å². The monoisotopic (exact) mass is 406 g/mol. The standard InChI is InChI=1S/C20H26N2O5S/c1-13(2)21-20(23)18-12-17(10-11-19(18)26-5)28(24,25)22-15-6-8-16(9-7-15)27-14(3)4/h6-14,22H,1-5H3,(H,21,23). The largest absolute Gasteiger partial charge is 0.496 e. The molecule has 0 aliphatic carbocycles. The van der Waals surface area contributed by atoms with Crippen LogP contribution in [-0.2, 0) is 10.0 Å². The van der Waals surface area contributed by atoms with Gasteiger partial charge in [0.15, 0.2) is 0 Å². The van der Waals surface area contributed by atoms with Gasteiger partial charge in [-0.05, 0) is 70.2 Å². The molecule has 0 radical (unpaired) electrons. The van der Waals surface area contributed by atoms with E-state index in [2.05, 4.69) is 10.0 Å². The smallest absolute Gasteiger partial charge is 0.261 e. The number of anilines is 1. The van der Waals surface area contributed by atoms with Gasteiger partial charge in [0.1, 0.15) is 11.5 Å². The minimum Gasteiger partial charge on any atom is -0.496 e. The first-order valence-corrected chi connectivity index (χ1v) is 10.4. The molecule has 0 unspecified atom stereocenters. The Hall–Kier alpha value is -2.74. The molecule has 0 saturated carbocycles. The van der Waals surface area contributed by atoms with Gasteiger partial charge in [0.2, 0.25) is 0 Å². The maximum absolute atomic E-state index is 12.7. The Bertz CT molecular complexity index is 922. The minimum atomic E-state index is -3.89. The highest BCUT2D eigenvalue weighted by Gasteiger charge is 2.20. The lowest BCUT2D eigenvalue weighted by Crippen LogP contribution is -2.30. The average molecular weight is 407 g/mol. The van der Waals surface area contributed by atoms with Crippen LogP contribution in [0.1, 0.15) is 38.1 Å². The van der Waals surface area contributed by atoms with Crippen molar-refractivity contribution in [2.45, 2.75) is 44.7 Å². The third-order valence-electron chi connectivity index (χ3n) is 3.62. The third kappa shape index (κ3) is 5.63. The molecule has 8 heteroatoms. The van der Waals surface area contributed by atoms with E-state index >= 15 is 0 Å². The zero-order chi connectivity index (χ0) is 20.9. The second-order valence-electron chi connectivity index (χ2n) is 6.79. The predicted molar refractivity (Wildman–Crippen MR) is 109 cm³/mol. The van der Waals surface area contributed by atoms with Gasteiger partial charge < -0.3 is 14.8 Å². The van der Waals surface area contributed by atoms with Crippen molar-refractivity contribution in [1.82, 2.24) is 5.32 Å². The Balaban J connectivity index is 2.28. The van der Waals surface area contributed by atoms with Gasteiger partial charge in [0.25, 0.3) is 15.9 Å². The molecule has 0 bridgehead atoms. The number of hydrogen-bond donors (Lipinski definition) is 2. The molecule has 1 amide bonds. The molecule has 0 atom stereocenters. The van der Waals surface area contributed by atoms with E-state index in [1.54, 1.807) is 24.3 Å². The van der Waals surface area contributed by atoms with Crippen LogP contribution in [0.4, 0.5) is 5.69 Å². The number of nitrogens with one attached hydrogen (secondary N) is 2. The van der Waals surface area contributed by atoms with Crippen molar-refractivity contribution in [3.63, 3.8) is 0 Å². The van der Waals surface area contributed by atoms with Crippen LogP contribution in [0.15, 0.2) is 47.4 Å². The maximum atomic E-state index is 12.7. The number of rotatable bonds is 8. The Morgan fingerprint density at radius 2 is 1.64 bits per heavy atom. The zero-order valence-electron chi connectivity index (χ0n) is 16.6. The van der Waals surface area contributed by atoms with Crippen LogP contribution in [-0.4, -0.2) is 33.6 Å². The number of carbonyl (C=O) groups excluding carboxylic acids is 1. The number of benzene rings is 2. The number of amides is 1. The summed E-state index contributed by atoms with van der Waals surface area (Å²) in [4.78, 5) is 12.3. The van der Waals surface area contributed by atoms with E-state index in [9.17, 15) is 13.2 Å². The zero-order valence-corrected chi connectivity index (χ0v) is 17.5. The summed E-state index contributed by atoms with van der Waals surface area (Å²) >= 11 is 0. The highest BCUT2D eigenvalue weighted by molar-refractivity contribution is 7.92. The van der Waals surface area contributed by atoms with Crippen molar-refractivity contribution < 1.29 is 22.7 Å². The van der Waals surface area contributed by atoms with E-state index in [1.807, 2.05) is 27.7 Å². The summed E-state index contributed by atoms with van der Waals surface area (Å²) < 4.78 is 38.7. The van der Waals surface area contributed by atoms with Gasteiger partial charge >= 0.3 is 0 Å². The second-order valence-corrected chi connectivity index (χ2v) is 8.47. The van der Waals surface area contributed by atoms with Crippen LogP contribution >= 0.6 is 0 Å². The molecule has 0 spiro atoms. The summed E-state index contributed by atoms with van der Waals surface area (Å²) in [6, 6.07) is 10.7. The Kier molecular flexibility index (Phi) is 6.90. The van der Waals surface area contributed by atoms with E-state index in [4.69, 9.17) is 9.47 Å². The lowest BCUT2D eigenvalue weighted by molar-refractivity contribution is 0.0940. The molecular formula is C20H26N2O5S. The van der Waals surface area contributed by atoms with Crippen LogP contribution in [0.25, 0.3) is 0 Å². The molecular weight excluding hydrogens is 380 g/mol. The predicted octanol–water partition coefficient (Wildman–Crippen LogP) is 3.42. The van der Waals surface area contributed by atoms with E-state index in [0.717, 1.165) is 0 Å². The van der Waals surface area contributed by atoms with Crippen LogP contribution in [0.3, 0.4) is 0 Å². The van der Waals surface area contributed by atoms with Gasteiger partial charge in [-0.1, -0.05) is 0 Å². The molecule has 152 valence electrons. The topological polar surface area (TPSA) is 93.7 Å². The van der Waals surface area contributed by atoms with E-state index in [-0.39, 0.29) is 22.6 Å². The first-order chi connectivity index (χ1) is 13.1. The number of hydrogen-bond acceptors (Lipinski definition) is 5. The minimum absolute atomic E-state index is 0.0252. The quantitative estimate of drug-likeness (QED) is 0.701. The fourth-order valence-electron chi connectivity index (χ4n) is 2.46. The van der Waals surface area contributed by atoms with Crippen molar-refractivity contribution in [3.05, 3.63) is 48.0 Å². The maximum Gasteiger partial charge on any atom is 0.261 e. The molecule has 2 aromatic rings. The van der Waals surface area contributed by atoms with Crippen LogP contribution in [0, 0.1) is 0 Å². The molecule has 2 aromatic carbocycles. The number of methoxy groups -OCH3 is 1. The highest BCUT2D eigenvalue weighted by atomic mass is 32.2. The molecule has 0 aliphatic rings. The number of carbonyl (C=O) groups is 1. The number of ether oxygens (including phenoxy) is 2. The Morgan fingerprint density at radius 3 is 2.18 bits per heavy atom. The van der Waals surface area contributed by atoms with Crippen LogP contribution in [0.5, 0.6) is 11.5 Å². The molecule has 0 saturated heterocycles. The van der Waals surface area contributed by atoms with E-state index in [1.165, 1.54) is 25.3 Å². The third-order valence-corrected chi connectivity index (χ3v) is 5.00. The first-order valence-electron chi connectivity index (χ1n) is 8.91. The van der Waals surface area contributed by atoms with E-state index < -0.39 is 15.9 Å². The van der Waals surface area contributed by atoms with Crippen molar-refractivity contribution >= 4 is 21.6 Å². The van der Waals surface area contributed by atoms with Gasteiger partial charge in [0, 0.05) is 11.7 Å². The summed E-state index contributed by atoms with van der Waals surface area (Å²) in [5.74, 6) is 0.543. The second kappa shape index (κ2) is 8.97. The fourth-order valence-corrected chi connectivity index (χ4v) is 3.54. The summed E-state index contributed by atoms with van der Waals surface area (Å²) in [6.07, 6.45) is 0.0252. The first kappa shape index (κ1) is 21.6. The van der Waals surface area contributed by atoms with Crippen molar-refractivity contribution in [2.24, 2.45) is 0 Å². The molecule has 0 fully saturated rings. The van der Waals surface area contributed by atoms with Crippen molar-refractivity contribution in [2.75, 3.05) is 11.8 Å². The summed E-state index contributed by atoms with van der Waals surface area (Å²) in [6.45, 7) is 7.46. The Labute approximate surface area is 166 Å². The lowest BCUT2D eigenvalue weighted by atomic mass is 10.2. The summed E-state index contributed by atoms with van der Waals surface area (Å²) in [7, 11) is -2.46. The van der Waals surface area contributed by atoms with Crippen molar-refractivity contribution in [1.29, 1.82) is 0 Å². The van der Waals surface area contributed by atoms with Crippen LogP contribution in [0.2, 0.25) is 0 Å². The molecule has 0 aliphatic heterocycles. The molecule has 2 N–H and O–H groups in total. The average Bonchev–Trinajstić information content (AvgIpc) is 2.61. The van der Waals surface area contributed by atoms with Crippen molar-refractivity contribution in [3.8, 4) is 11.5 Å². The highest BCUT2D eigenvalue weighted by Crippen LogP contribution is 2.25. The van der Waals surface area contributed by atoms with Gasteiger partial charge in [-0.25, -0.2) is 8.42 Å². The normalized spacial score (nSPS) is 11.4. The van der Waals surface area contributed by atoms with Gasteiger partial charge in [-0.3, -0.25) is 9.52 Å². The Morgan fingerprint density at radius 1 is 1.00 bits per heavy atom. The molecule has 7 nitrogen and oxygen atoms in total.